The molecule has 0 saturated heterocycles. The van der Waals surface area contributed by atoms with Crippen LogP contribution in [0, 0.1) is 0 Å². The fourth-order valence-corrected chi connectivity index (χ4v) is 0.577. The number of carbonyl (C=O) groups is 1. The zero-order chi connectivity index (χ0) is 7.28. The van der Waals surface area contributed by atoms with E-state index in [1.54, 1.807) is 6.92 Å². The normalized spacial score (nSPS) is 8.56. The maximum atomic E-state index is 9.92. The summed E-state index contributed by atoms with van der Waals surface area (Å²) in [6.45, 7) is 2.19. The molecule has 3 nitrogen and oxygen atoms in total. The third-order valence-electron chi connectivity index (χ3n) is 0.601. The molecule has 0 rings (SSSR count). The minimum absolute atomic E-state index is 0.144. The highest BCUT2D eigenvalue weighted by molar-refractivity contribution is 7.80. The van der Waals surface area contributed by atoms with E-state index >= 15 is 0 Å². The number of hydrogen-bond acceptors (Lipinski definition) is 3. The first-order valence-corrected chi connectivity index (χ1v) is 2.95. The van der Waals surface area contributed by atoms with Crippen LogP contribution in [0.4, 0.5) is 0 Å². The van der Waals surface area contributed by atoms with Crippen LogP contribution in [0.15, 0.2) is 0 Å². The molecule has 9 heavy (non-hydrogen) atoms. The lowest BCUT2D eigenvalue weighted by molar-refractivity contribution is -0.135. The predicted molar refractivity (Wildman–Crippen MR) is 36.5 cm³/mol. The molecule has 4 heteroatoms. The zero-order valence-electron chi connectivity index (χ0n) is 5.09. The van der Waals surface area contributed by atoms with E-state index in [0.717, 1.165) is 0 Å². The van der Waals surface area contributed by atoms with E-state index in [1.165, 1.54) is 0 Å². The molecule has 52 valence electrons. The molecule has 0 aliphatic heterocycles. The molecule has 0 amide bonds. The number of thiocarbonyl (C=S) groups is 1. The van der Waals surface area contributed by atoms with Gasteiger partial charge in [0.25, 0.3) is 0 Å². The summed E-state index contributed by atoms with van der Waals surface area (Å²) in [6.07, 6.45) is -0.177. The second kappa shape index (κ2) is 4.26. The number of rotatable bonds is 3. The lowest BCUT2D eigenvalue weighted by Crippen LogP contribution is -2.07. The minimum atomic E-state index is -0.951. The van der Waals surface area contributed by atoms with Gasteiger partial charge in [-0.3, -0.25) is 4.79 Å². The van der Waals surface area contributed by atoms with Crippen molar-refractivity contribution < 1.29 is 14.6 Å². The van der Waals surface area contributed by atoms with Gasteiger partial charge in [-0.2, -0.15) is 0 Å². The lowest BCUT2D eigenvalue weighted by Gasteiger charge is -1.99. The van der Waals surface area contributed by atoms with Crippen LogP contribution in [0.25, 0.3) is 0 Å². The maximum Gasteiger partial charge on any atom is 0.311 e. The predicted octanol–water partition coefficient (Wildman–Crippen LogP) is 0.825. The van der Waals surface area contributed by atoms with E-state index in [0.29, 0.717) is 6.61 Å². The Hall–Kier alpha value is -0.640. The standard InChI is InChI=1S/C5H8O3S/c1-2-8-5(9)3-4(6)7/h2-3H2,1H3,(H,6,7). The van der Waals surface area contributed by atoms with Gasteiger partial charge in [0.1, 0.15) is 6.42 Å². The second-order valence-electron chi connectivity index (χ2n) is 1.38. The fourth-order valence-electron chi connectivity index (χ4n) is 0.335. The Kier molecular flexibility index (Phi) is 3.96. The van der Waals surface area contributed by atoms with Crippen LogP contribution in [-0.2, 0) is 9.53 Å². The lowest BCUT2D eigenvalue weighted by atomic mass is 10.5. The third kappa shape index (κ3) is 5.23. The molecular weight excluding hydrogens is 140 g/mol. The molecule has 0 aliphatic rings. The zero-order valence-corrected chi connectivity index (χ0v) is 5.90. The van der Waals surface area contributed by atoms with Gasteiger partial charge >= 0.3 is 5.97 Å². The average molecular weight is 148 g/mol. The minimum Gasteiger partial charge on any atom is -0.487 e. The number of hydrogen-bond donors (Lipinski definition) is 1. The molecule has 0 fully saturated rings. The van der Waals surface area contributed by atoms with Crippen molar-refractivity contribution in [1.29, 1.82) is 0 Å². The van der Waals surface area contributed by atoms with Crippen LogP contribution in [0.2, 0.25) is 0 Å². The van der Waals surface area contributed by atoms with Gasteiger partial charge in [0.05, 0.1) is 6.61 Å². The summed E-state index contributed by atoms with van der Waals surface area (Å²) >= 11 is 4.53. The number of carboxylic acids is 1. The first-order valence-electron chi connectivity index (χ1n) is 2.54. The summed E-state index contributed by atoms with van der Waals surface area (Å²) in [5.41, 5.74) is 0. The van der Waals surface area contributed by atoms with Crippen molar-refractivity contribution in [2.45, 2.75) is 13.3 Å². The Morgan fingerprint density at radius 2 is 2.33 bits per heavy atom. The van der Waals surface area contributed by atoms with Crippen molar-refractivity contribution in [3.8, 4) is 0 Å². The average Bonchev–Trinajstić information content (AvgIpc) is 1.63. The van der Waals surface area contributed by atoms with Gasteiger partial charge in [0, 0.05) is 0 Å². The number of aliphatic carboxylic acids is 1. The smallest absolute Gasteiger partial charge is 0.311 e. The summed E-state index contributed by atoms with van der Waals surface area (Å²) in [6, 6.07) is 0. The Morgan fingerprint density at radius 1 is 1.78 bits per heavy atom. The number of ether oxygens (including phenoxy) is 1. The SMILES string of the molecule is CCOC(=S)CC(=O)O. The molecule has 0 saturated carbocycles. The monoisotopic (exact) mass is 148 g/mol. The van der Waals surface area contributed by atoms with Crippen LogP contribution >= 0.6 is 12.2 Å². The Balaban J connectivity index is 3.39. The molecule has 0 aromatic rings. The van der Waals surface area contributed by atoms with Crippen molar-refractivity contribution in [2.24, 2.45) is 0 Å². The van der Waals surface area contributed by atoms with Crippen molar-refractivity contribution in [2.75, 3.05) is 6.61 Å². The molecular formula is C5H8O3S. The van der Waals surface area contributed by atoms with Crippen LogP contribution in [0.1, 0.15) is 13.3 Å². The highest BCUT2D eigenvalue weighted by Gasteiger charge is 2.01. The van der Waals surface area contributed by atoms with E-state index < -0.39 is 5.97 Å². The van der Waals surface area contributed by atoms with Crippen molar-refractivity contribution >= 4 is 23.2 Å². The molecule has 0 aromatic carbocycles. The van der Waals surface area contributed by atoms with E-state index in [4.69, 9.17) is 9.84 Å². The Labute approximate surface area is 58.6 Å². The van der Waals surface area contributed by atoms with Gasteiger partial charge in [-0.05, 0) is 19.1 Å². The third-order valence-corrected chi connectivity index (χ3v) is 0.863. The second-order valence-corrected chi connectivity index (χ2v) is 1.83. The van der Waals surface area contributed by atoms with Crippen LogP contribution < -0.4 is 0 Å². The maximum absolute atomic E-state index is 9.92. The van der Waals surface area contributed by atoms with E-state index in [2.05, 4.69) is 12.2 Å². The van der Waals surface area contributed by atoms with E-state index in [1.807, 2.05) is 0 Å². The Bertz CT molecular complexity index is 121. The summed E-state index contributed by atoms with van der Waals surface area (Å²) < 4.78 is 4.70. The van der Waals surface area contributed by atoms with Crippen molar-refractivity contribution in [1.82, 2.24) is 0 Å². The summed E-state index contributed by atoms with van der Waals surface area (Å²) in [7, 11) is 0. The molecule has 0 aliphatic carbocycles. The summed E-state index contributed by atoms with van der Waals surface area (Å²) in [4.78, 5) is 9.92. The van der Waals surface area contributed by atoms with E-state index in [-0.39, 0.29) is 11.5 Å². The highest BCUT2D eigenvalue weighted by atomic mass is 32.1. The molecule has 1 N–H and O–H groups in total. The Morgan fingerprint density at radius 3 is 2.67 bits per heavy atom. The number of carboxylic acid groups (broad SMARTS) is 1. The van der Waals surface area contributed by atoms with E-state index in [9.17, 15) is 4.79 Å². The summed E-state index contributed by atoms with van der Waals surface area (Å²) in [5.74, 6) is -0.951. The molecule has 0 spiro atoms. The largest absolute Gasteiger partial charge is 0.487 e. The first kappa shape index (κ1) is 8.36. The van der Waals surface area contributed by atoms with Gasteiger partial charge in [-0.1, -0.05) is 0 Å². The molecule has 0 radical (unpaired) electrons. The molecule has 0 atom stereocenters. The van der Waals surface area contributed by atoms with Gasteiger partial charge in [0.15, 0.2) is 5.05 Å². The summed E-state index contributed by atoms with van der Waals surface area (Å²) in [5, 5.41) is 8.29. The van der Waals surface area contributed by atoms with Crippen LogP contribution in [0.5, 0.6) is 0 Å². The van der Waals surface area contributed by atoms with Crippen LogP contribution in [0.3, 0.4) is 0 Å². The van der Waals surface area contributed by atoms with Crippen LogP contribution in [-0.4, -0.2) is 22.7 Å². The molecule has 0 aromatic heterocycles. The molecule has 0 unspecified atom stereocenters. The van der Waals surface area contributed by atoms with Crippen molar-refractivity contribution in [3.63, 3.8) is 0 Å². The van der Waals surface area contributed by atoms with Gasteiger partial charge < -0.3 is 9.84 Å². The van der Waals surface area contributed by atoms with Crippen molar-refractivity contribution in [3.05, 3.63) is 0 Å². The molecule has 0 heterocycles. The van der Waals surface area contributed by atoms with Gasteiger partial charge in [-0.15, -0.1) is 0 Å². The quantitative estimate of drug-likeness (QED) is 0.602. The molecule has 0 bridgehead atoms. The fraction of sp³-hybridized carbons (Fsp3) is 0.600. The topological polar surface area (TPSA) is 46.5 Å². The highest BCUT2D eigenvalue weighted by Crippen LogP contribution is 1.88. The van der Waals surface area contributed by atoms with Gasteiger partial charge in [-0.25, -0.2) is 0 Å². The van der Waals surface area contributed by atoms with Gasteiger partial charge in [0.2, 0.25) is 0 Å². The first-order chi connectivity index (χ1) is 4.16.